The molecule has 1 aromatic heterocycles. The smallest absolute Gasteiger partial charge is 0.213 e. The van der Waals surface area contributed by atoms with E-state index in [0.717, 1.165) is 18.5 Å². The van der Waals surface area contributed by atoms with Crippen LogP contribution in [-0.2, 0) is 0 Å². The zero-order valence-corrected chi connectivity index (χ0v) is 20.4. The molecule has 2 atom stereocenters. The minimum Gasteiger partial charge on any atom is -0.350 e. The first-order valence-corrected chi connectivity index (χ1v) is 11.6. The maximum atomic E-state index is 4.59. The molecule has 0 bridgehead atoms. The van der Waals surface area contributed by atoms with Crippen molar-refractivity contribution in [1.29, 1.82) is 0 Å². The second-order valence-corrected chi connectivity index (χ2v) is 9.44. The van der Waals surface area contributed by atoms with Crippen molar-refractivity contribution in [2.24, 2.45) is 0 Å². The Kier molecular flexibility index (Phi) is 7.20. The third kappa shape index (κ3) is 4.69. The summed E-state index contributed by atoms with van der Waals surface area (Å²) < 4.78 is 2.50. The van der Waals surface area contributed by atoms with E-state index in [1.54, 1.807) is 0 Å². The summed E-state index contributed by atoms with van der Waals surface area (Å²) in [7, 11) is 2.12. The number of hydrogen-bond acceptors (Lipinski definition) is 1. The van der Waals surface area contributed by atoms with Gasteiger partial charge in [-0.3, -0.25) is 0 Å². The predicted molar refractivity (Wildman–Crippen MR) is 133 cm³/mol. The highest BCUT2D eigenvalue weighted by molar-refractivity contribution is 5.65. The van der Waals surface area contributed by atoms with E-state index in [4.69, 9.17) is 0 Å². The van der Waals surface area contributed by atoms with E-state index in [1.165, 1.54) is 33.5 Å². The first kappa shape index (κ1) is 23.1. The molecule has 0 radical (unpaired) electrons. The quantitative estimate of drug-likeness (QED) is 0.337. The van der Waals surface area contributed by atoms with E-state index in [0.29, 0.717) is 11.8 Å². The molecule has 0 N–H and O–H groups in total. The van der Waals surface area contributed by atoms with Gasteiger partial charge in [-0.1, -0.05) is 56.4 Å². The van der Waals surface area contributed by atoms with Crippen molar-refractivity contribution in [3.05, 3.63) is 89.4 Å². The number of likely N-dealkylation sites (N-methyl/N-ethyl adjacent to an activating group) is 1. The Hall–Kier alpha value is -2.61. The number of aryl methyl sites for hydroxylation is 1. The molecule has 0 amide bonds. The second kappa shape index (κ2) is 9.68. The van der Waals surface area contributed by atoms with Crippen molar-refractivity contribution < 1.29 is 4.57 Å². The zero-order valence-electron chi connectivity index (χ0n) is 20.4. The molecule has 31 heavy (non-hydrogen) atoms. The first-order chi connectivity index (χ1) is 14.8. The summed E-state index contributed by atoms with van der Waals surface area (Å²) in [5.74, 6) is 0.884. The third-order valence-corrected chi connectivity index (χ3v) is 6.49. The lowest BCUT2D eigenvalue weighted by atomic mass is 9.78. The molecule has 2 heteroatoms. The Morgan fingerprint density at radius 2 is 1.94 bits per heavy atom. The van der Waals surface area contributed by atoms with E-state index in [-0.39, 0.29) is 6.04 Å². The van der Waals surface area contributed by atoms with Crippen molar-refractivity contribution in [3.63, 3.8) is 0 Å². The minimum atomic E-state index is 0.191. The van der Waals surface area contributed by atoms with Crippen LogP contribution in [0.4, 0.5) is 0 Å². The summed E-state index contributed by atoms with van der Waals surface area (Å²) in [5.41, 5.74) is 9.42. The molecule has 0 saturated carbocycles. The van der Waals surface area contributed by atoms with Crippen LogP contribution in [0.15, 0.2) is 72.7 Å². The Morgan fingerprint density at radius 3 is 2.58 bits per heavy atom. The number of nitrogens with zero attached hydrogens (tertiary/aromatic N) is 2. The molecule has 2 unspecified atom stereocenters. The number of hydrogen-bond donors (Lipinski definition) is 0. The van der Waals surface area contributed by atoms with Crippen LogP contribution in [0.25, 0.3) is 11.3 Å². The summed E-state index contributed by atoms with van der Waals surface area (Å²) in [4.78, 5) is 2.19. The van der Waals surface area contributed by atoms with Crippen LogP contribution in [0.3, 0.4) is 0 Å². The van der Waals surface area contributed by atoms with Crippen LogP contribution in [0.1, 0.15) is 82.0 Å². The highest BCUT2D eigenvalue weighted by Gasteiger charge is 2.42. The van der Waals surface area contributed by atoms with Crippen molar-refractivity contribution in [2.75, 3.05) is 7.05 Å². The van der Waals surface area contributed by atoms with Crippen LogP contribution in [0, 0.1) is 6.92 Å². The highest BCUT2D eigenvalue weighted by atomic mass is 15.2. The van der Waals surface area contributed by atoms with Crippen LogP contribution >= 0.6 is 0 Å². The Labute approximate surface area is 189 Å². The fourth-order valence-electron chi connectivity index (χ4n) is 4.96. The molecule has 3 rings (SSSR count). The van der Waals surface area contributed by atoms with E-state index in [9.17, 15) is 0 Å². The predicted octanol–water partition coefficient (Wildman–Crippen LogP) is 7.44. The topological polar surface area (TPSA) is 7.12 Å². The largest absolute Gasteiger partial charge is 0.350 e. The molecule has 1 aliphatic rings. The molecule has 0 fully saturated rings. The molecule has 0 spiro atoms. The average molecular weight is 416 g/mol. The van der Waals surface area contributed by atoms with E-state index in [2.05, 4.69) is 120 Å². The fourth-order valence-corrected chi connectivity index (χ4v) is 4.96. The van der Waals surface area contributed by atoms with Crippen LogP contribution < -0.4 is 4.57 Å². The second-order valence-electron chi connectivity index (χ2n) is 9.44. The lowest BCUT2D eigenvalue weighted by molar-refractivity contribution is -0.711. The summed E-state index contributed by atoms with van der Waals surface area (Å²) in [5, 5.41) is 0. The van der Waals surface area contributed by atoms with Crippen molar-refractivity contribution in [1.82, 2.24) is 4.90 Å². The minimum absolute atomic E-state index is 0.191. The van der Waals surface area contributed by atoms with Gasteiger partial charge in [-0.05, 0) is 69.8 Å². The Morgan fingerprint density at radius 1 is 1.23 bits per heavy atom. The Balaban J connectivity index is 2.23. The van der Waals surface area contributed by atoms with Gasteiger partial charge in [-0.2, -0.15) is 4.57 Å². The van der Waals surface area contributed by atoms with Gasteiger partial charge in [0.05, 0.1) is 11.6 Å². The van der Waals surface area contributed by atoms with Gasteiger partial charge < -0.3 is 4.90 Å². The van der Waals surface area contributed by atoms with Gasteiger partial charge in [0, 0.05) is 24.2 Å². The molecule has 1 aliphatic heterocycles. The molecular weight excluding hydrogens is 376 g/mol. The number of pyridine rings is 1. The molecule has 164 valence electrons. The van der Waals surface area contributed by atoms with Gasteiger partial charge in [0.25, 0.3) is 0 Å². The van der Waals surface area contributed by atoms with Crippen LogP contribution in [-0.4, -0.2) is 11.9 Å². The van der Waals surface area contributed by atoms with E-state index in [1.807, 2.05) is 0 Å². The first-order valence-electron chi connectivity index (χ1n) is 11.6. The zero-order chi connectivity index (χ0) is 22.7. The monoisotopic (exact) mass is 415 g/mol. The molecule has 2 nitrogen and oxygen atoms in total. The number of benzene rings is 1. The number of aromatic nitrogens is 1. The Bertz CT molecular complexity index is 1010. The molecule has 2 heterocycles. The maximum absolute atomic E-state index is 4.59. The highest BCUT2D eigenvalue weighted by Crippen LogP contribution is 2.44. The molecule has 0 saturated heterocycles. The van der Waals surface area contributed by atoms with Gasteiger partial charge in [-0.15, -0.1) is 0 Å². The number of rotatable bonds is 7. The normalized spacial score (nSPS) is 17.4. The summed E-state index contributed by atoms with van der Waals surface area (Å²) in [6, 6.07) is 11.6. The lowest BCUT2D eigenvalue weighted by Gasteiger charge is -2.34. The third-order valence-electron chi connectivity index (χ3n) is 6.49. The van der Waals surface area contributed by atoms with Crippen LogP contribution in [0.2, 0.25) is 0 Å². The SMILES string of the molecule is C=C(C1C(CCC=C(C)C)c2ccccc2-c2cc(C(C)C)c(C)c[n+]21)N(C)/C=C\C. The maximum Gasteiger partial charge on any atom is 0.213 e. The molecule has 2 aromatic rings. The van der Waals surface area contributed by atoms with Gasteiger partial charge in [0.2, 0.25) is 11.7 Å². The molecule has 1 aromatic carbocycles. The fraction of sp³-hybridized carbons (Fsp3) is 0.414. The van der Waals surface area contributed by atoms with Gasteiger partial charge in [-0.25, -0.2) is 0 Å². The molecule has 0 aliphatic carbocycles. The standard InChI is InChI=1S/C29H39N2/c1-9-17-30(8)23(7)29-26(16-12-13-20(2)3)24-14-10-11-15-25(24)28-18-27(21(4)5)22(6)19-31(28)29/h9-11,13-15,17-19,21,26,29H,7,12,16H2,1-6,8H3/q+1/b17-9-. The van der Waals surface area contributed by atoms with Crippen molar-refractivity contribution in [2.45, 2.75) is 72.3 Å². The number of fused-ring (bicyclic) bond motifs is 3. The number of allylic oxidation sites excluding steroid dienone is 4. The summed E-state index contributed by atoms with van der Waals surface area (Å²) in [6.45, 7) is 17.8. The van der Waals surface area contributed by atoms with E-state index >= 15 is 0 Å². The lowest BCUT2D eigenvalue weighted by Crippen LogP contribution is -2.50. The van der Waals surface area contributed by atoms with Crippen LogP contribution in [0.5, 0.6) is 0 Å². The van der Waals surface area contributed by atoms with Crippen molar-refractivity contribution >= 4 is 0 Å². The molecular formula is C29H39N2+. The average Bonchev–Trinajstić information content (AvgIpc) is 2.72. The summed E-state index contributed by atoms with van der Waals surface area (Å²) >= 11 is 0. The summed E-state index contributed by atoms with van der Waals surface area (Å²) in [6.07, 6.45) is 11.1. The van der Waals surface area contributed by atoms with E-state index < -0.39 is 0 Å². The van der Waals surface area contributed by atoms with Gasteiger partial charge in [0.15, 0.2) is 6.20 Å². The van der Waals surface area contributed by atoms with Gasteiger partial charge >= 0.3 is 0 Å². The van der Waals surface area contributed by atoms with Crippen molar-refractivity contribution in [3.8, 4) is 11.3 Å². The van der Waals surface area contributed by atoms with Gasteiger partial charge in [0.1, 0.15) is 0 Å².